The van der Waals surface area contributed by atoms with Gasteiger partial charge in [0.25, 0.3) is 5.91 Å². The third-order valence-electron chi connectivity index (χ3n) is 5.90. The second-order valence-electron chi connectivity index (χ2n) is 8.59. The molecule has 0 spiro atoms. The van der Waals surface area contributed by atoms with Gasteiger partial charge in [-0.05, 0) is 41.8 Å². The van der Waals surface area contributed by atoms with Crippen molar-refractivity contribution >= 4 is 34.4 Å². The van der Waals surface area contributed by atoms with Crippen LogP contribution in [0.2, 0.25) is 0 Å². The summed E-state index contributed by atoms with van der Waals surface area (Å²) in [5.41, 5.74) is 2.70. The van der Waals surface area contributed by atoms with Crippen molar-refractivity contribution in [3.05, 3.63) is 95.8 Å². The molecule has 0 unspecified atom stereocenters. The van der Waals surface area contributed by atoms with E-state index in [1.54, 1.807) is 36.7 Å². The van der Waals surface area contributed by atoms with Crippen LogP contribution in [0.15, 0.2) is 79.1 Å². The number of hydrogen-bond donors (Lipinski definition) is 4. The van der Waals surface area contributed by atoms with Crippen LogP contribution in [-0.2, 0) is 22.4 Å². The number of carbonyl (C=O) groups excluding carboxylic acids is 2. The first-order chi connectivity index (χ1) is 17.5. The lowest BCUT2D eigenvalue weighted by Gasteiger charge is -2.15. The smallest absolute Gasteiger partial charge is 0.326 e. The van der Waals surface area contributed by atoms with Gasteiger partial charge in [0.2, 0.25) is 0 Å². The maximum Gasteiger partial charge on any atom is 0.326 e. The number of carboxylic acids is 1. The van der Waals surface area contributed by atoms with Crippen molar-refractivity contribution in [3.63, 3.8) is 0 Å². The Labute approximate surface area is 208 Å². The topological polar surface area (TPSA) is 124 Å². The van der Waals surface area contributed by atoms with Crippen molar-refractivity contribution in [3.8, 4) is 0 Å². The lowest BCUT2D eigenvalue weighted by molar-refractivity contribution is -0.139. The van der Waals surface area contributed by atoms with Crippen molar-refractivity contribution in [2.24, 2.45) is 0 Å². The quantitative estimate of drug-likeness (QED) is 0.225. The van der Waals surface area contributed by atoms with E-state index in [0.717, 1.165) is 22.3 Å². The molecule has 4 N–H and O–H groups in total. The Bertz CT molecular complexity index is 1330. The fraction of sp³-hybridized carbons (Fsp3) is 0.214. The standard InChI is InChI=1S/C28H28N4O4/c33-22(6-4-15-30-25-8-1-2-14-29-25)17-19-9-11-20(12-10-19)18-24(28(35)36)32-27(34)23-7-3-5-21-13-16-31-26(21)23/h1-3,5,7-14,16,24,31H,4,6,15,17-18H2,(H,29,30)(H,32,34)(H,35,36)/t24-/m0/s1. The highest BCUT2D eigenvalue weighted by atomic mass is 16.4. The van der Waals surface area contributed by atoms with Gasteiger partial charge in [-0.2, -0.15) is 0 Å². The van der Waals surface area contributed by atoms with Crippen LogP contribution in [0.3, 0.4) is 0 Å². The molecule has 0 fully saturated rings. The third-order valence-corrected chi connectivity index (χ3v) is 5.90. The van der Waals surface area contributed by atoms with E-state index in [2.05, 4.69) is 20.6 Å². The number of aliphatic carboxylic acids is 1. The minimum atomic E-state index is -1.11. The zero-order valence-electron chi connectivity index (χ0n) is 19.7. The molecule has 0 saturated carbocycles. The number of hydrogen-bond acceptors (Lipinski definition) is 5. The summed E-state index contributed by atoms with van der Waals surface area (Å²) in [6, 6.07) is 19.0. The molecular formula is C28H28N4O4. The van der Waals surface area contributed by atoms with E-state index < -0.39 is 17.9 Å². The molecule has 2 aromatic heterocycles. The summed E-state index contributed by atoms with van der Waals surface area (Å²) in [6.45, 7) is 0.669. The van der Waals surface area contributed by atoms with Crippen molar-refractivity contribution in [2.75, 3.05) is 11.9 Å². The number of benzene rings is 2. The van der Waals surface area contributed by atoms with Crippen molar-refractivity contribution in [1.29, 1.82) is 0 Å². The van der Waals surface area contributed by atoms with Crippen LogP contribution >= 0.6 is 0 Å². The average Bonchev–Trinajstić information content (AvgIpc) is 3.37. The Morgan fingerprint density at radius 3 is 2.50 bits per heavy atom. The van der Waals surface area contributed by atoms with Gasteiger partial charge in [0.1, 0.15) is 17.6 Å². The number of Topliss-reactive ketones (excluding diaryl/α,β-unsaturated/α-hetero) is 1. The predicted molar refractivity (Wildman–Crippen MR) is 138 cm³/mol. The lowest BCUT2D eigenvalue weighted by atomic mass is 10.0. The summed E-state index contributed by atoms with van der Waals surface area (Å²) >= 11 is 0. The van der Waals surface area contributed by atoms with Gasteiger partial charge in [-0.25, -0.2) is 9.78 Å². The van der Waals surface area contributed by atoms with Gasteiger partial charge in [-0.15, -0.1) is 0 Å². The Morgan fingerprint density at radius 1 is 0.944 bits per heavy atom. The first-order valence-corrected chi connectivity index (χ1v) is 11.8. The first kappa shape index (κ1) is 24.7. The maximum atomic E-state index is 12.8. The third kappa shape index (κ3) is 6.56. The van der Waals surface area contributed by atoms with Gasteiger partial charge in [-0.3, -0.25) is 9.59 Å². The van der Waals surface area contributed by atoms with Gasteiger partial charge in [0.05, 0.1) is 11.1 Å². The van der Waals surface area contributed by atoms with E-state index >= 15 is 0 Å². The van der Waals surface area contributed by atoms with E-state index in [9.17, 15) is 19.5 Å². The number of para-hydroxylation sites is 1. The number of carboxylic acid groups (broad SMARTS) is 1. The van der Waals surface area contributed by atoms with E-state index in [1.165, 1.54) is 0 Å². The maximum absolute atomic E-state index is 12.8. The summed E-state index contributed by atoms with van der Waals surface area (Å²) in [7, 11) is 0. The molecule has 36 heavy (non-hydrogen) atoms. The number of anilines is 1. The number of H-pyrrole nitrogens is 1. The minimum Gasteiger partial charge on any atom is -0.480 e. The molecule has 0 aliphatic carbocycles. The molecule has 0 aliphatic rings. The fourth-order valence-electron chi connectivity index (χ4n) is 4.02. The molecule has 1 atom stereocenters. The number of ketones is 1. The van der Waals surface area contributed by atoms with Crippen LogP contribution in [-0.4, -0.2) is 45.3 Å². The molecule has 4 aromatic rings. The summed E-state index contributed by atoms with van der Waals surface area (Å²) in [6.07, 6.45) is 5.08. The summed E-state index contributed by atoms with van der Waals surface area (Å²) in [5, 5.41) is 16.4. The van der Waals surface area contributed by atoms with Gasteiger partial charge in [0, 0.05) is 43.6 Å². The molecule has 0 radical (unpaired) electrons. The van der Waals surface area contributed by atoms with Gasteiger partial charge in [-0.1, -0.05) is 42.5 Å². The number of carbonyl (C=O) groups is 3. The van der Waals surface area contributed by atoms with Crippen molar-refractivity contribution < 1.29 is 19.5 Å². The molecule has 2 heterocycles. The Balaban J connectivity index is 1.27. The summed E-state index contributed by atoms with van der Waals surface area (Å²) < 4.78 is 0. The minimum absolute atomic E-state index is 0.134. The molecule has 2 aromatic carbocycles. The van der Waals surface area contributed by atoms with E-state index in [0.29, 0.717) is 36.9 Å². The molecule has 8 heteroatoms. The number of pyridine rings is 1. The molecule has 0 aliphatic heterocycles. The average molecular weight is 485 g/mol. The van der Waals surface area contributed by atoms with Crippen LogP contribution in [0.25, 0.3) is 10.9 Å². The lowest BCUT2D eigenvalue weighted by Crippen LogP contribution is -2.42. The Hall–Kier alpha value is -4.46. The highest BCUT2D eigenvalue weighted by Gasteiger charge is 2.22. The Morgan fingerprint density at radius 2 is 1.75 bits per heavy atom. The molecule has 1 amide bonds. The van der Waals surface area contributed by atoms with Gasteiger partial charge < -0.3 is 20.7 Å². The number of amides is 1. The number of fused-ring (bicyclic) bond motifs is 1. The predicted octanol–water partition coefficient (Wildman–Crippen LogP) is 3.99. The monoisotopic (exact) mass is 484 g/mol. The normalized spacial score (nSPS) is 11.7. The first-order valence-electron chi connectivity index (χ1n) is 11.8. The number of aromatic amines is 1. The zero-order valence-corrected chi connectivity index (χ0v) is 19.7. The van der Waals surface area contributed by atoms with E-state index in [-0.39, 0.29) is 12.2 Å². The largest absolute Gasteiger partial charge is 0.480 e. The SMILES string of the molecule is O=C(CCCNc1ccccn1)Cc1ccc(C[C@H](NC(=O)c2cccc3cc[nH]c23)C(=O)O)cc1. The van der Waals surface area contributed by atoms with Crippen LogP contribution in [0.5, 0.6) is 0 Å². The highest BCUT2D eigenvalue weighted by Crippen LogP contribution is 2.17. The summed E-state index contributed by atoms with van der Waals surface area (Å²) in [4.78, 5) is 44.2. The van der Waals surface area contributed by atoms with Gasteiger partial charge in [0.15, 0.2) is 0 Å². The van der Waals surface area contributed by atoms with Crippen molar-refractivity contribution in [1.82, 2.24) is 15.3 Å². The molecule has 0 bridgehead atoms. The van der Waals surface area contributed by atoms with Crippen LogP contribution in [0.4, 0.5) is 5.82 Å². The van der Waals surface area contributed by atoms with E-state index in [4.69, 9.17) is 0 Å². The Kier molecular flexibility index (Phi) is 8.08. The highest BCUT2D eigenvalue weighted by molar-refractivity contribution is 6.06. The number of nitrogens with one attached hydrogen (secondary N) is 3. The molecule has 184 valence electrons. The second-order valence-corrected chi connectivity index (χ2v) is 8.59. The molecule has 4 rings (SSSR count). The van der Waals surface area contributed by atoms with Crippen LogP contribution in [0.1, 0.15) is 34.3 Å². The van der Waals surface area contributed by atoms with E-state index in [1.807, 2.05) is 42.5 Å². The van der Waals surface area contributed by atoms with Crippen molar-refractivity contribution in [2.45, 2.75) is 31.7 Å². The van der Waals surface area contributed by atoms with Crippen LogP contribution < -0.4 is 10.6 Å². The number of nitrogens with zero attached hydrogens (tertiary/aromatic N) is 1. The zero-order chi connectivity index (χ0) is 25.3. The number of rotatable bonds is 12. The number of aromatic nitrogens is 2. The molecule has 0 saturated heterocycles. The molecular weight excluding hydrogens is 456 g/mol. The van der Waals surface area contributed by atoms with Gasteiger partial charge >= 0.3 is 5.97 Å². The fourth-order valence-corrected chi connectivity index (χ4v) is 4.02. The summed E-state index contributed by atoms with van der Waals surface area (Å²) in [5.74, 6) is -0.631. The molecule has 8 nitrogen and oxygen atoms in total. The second kappa shape index (κ2) is 11.8. The van der Waals surface area contributed by atoms with Crippen LogP contribution in [0, 0.1) is 0 Å².